The van der Waals surface area contributed by atoms with Crippen LogP contribution in [0.25, 0.3) is 0 Å². The lowest BCUT2D eigenvalue weighted by molar-refractivity contribution is -0.133. The van der Waals surface area contributed by atoms with Gasteiger partial charge in [0.05, 0.1) is 6.54 Å². The number of fused-ring (bicyclic) bond motifs is 1. The second kappa shape index (κ2) is 11.3. The van der Waals surface area contributed by atoms with Crippen LogP contribution in [0.3, 0.4) is 0 Å². The maximum atomic E-state index is 13.6. The van der Waals surface area contributed by atoms with E-state index in [2.05, 4.69) is 5.32 Å². The molecule has 0 bridgehead atoms. The Kier molecular flexibility index (Phi) is 7.92. The summed E-state index contributed by atoms with van der Waals surface area (Å²) >= 11 is 1.61. The smallest absolute Gasteiger partial charge is 0.322 e. The van der Waals surface area contributed by atoms with E-state index in [0.29, 0.717) is 36.8 Å². The number of nitrogens with one attached hydrogen (secondary N) is 1. The van der Waals surface area contributed by atoms with Gasteiger partial charge in [0.25, 0.3) is 0 Å². The van der Waals surface area contributed by atoms with E-state index in [4.69, 9.17) is 9.47 Å². The molecule has 8 heteroatoms. The number of hydrogen-bond acceptors (Lipinski definition) is 5. The summed E-state index contributed by atoms with van der Waals surface area (Å²) in [5.41, 5.74) is 2.77. The third kappa shape index (κ3) is 6.76. The van der Waals surface area contributed by atoms with Crippen molar-refractivity contribution in [1.82, 2.24) is 9.80 Å². The molecule has 0 fully saturated rings. The van der Waals surface area contributed by atoms with Gasteiger partial charge in [0.15, 0.2) is 11.5 Å². The molecule has 1 aromatic heterocycles. The molecule has 2 heterocycles. The molecule has 0 saturated heterocycles. The Hall–Kier alpha value is -3.52. The van der Waals surface area contributed by atoms with Crippen LogP contribution >= 0.6 is 11.3 Å². The van der Waals surface area contributed by atoms with Crippen molar-refractivity contribution in [1.29, 1.82) is 0 Å². The summed E-state index contributed by atoms with van der Waals surface area (Å²) in [7, 11) is 0. The SMILES string of the molecule is Cc1ccc(NC(=O)N(CC(=O)N(Cc2ccc3c(c2)OCO3)Cc2cccs2)CC(C)C)cc1. The number of amides is 3. The summed E-state index contributed by atoms with van der Waals surface area (Å²) in [6.07, 6.45) is 0. The predicted octanol–water partition coefficient (Wildman–Crippen LogP) is 5.50. The Bertz CT molecular complexity index is 1150. The third-order valence-corrected chi connectivity index (χ3v) is 6.45. The van der Waals surface area contributed by atoms with E-state index in [1.165, 1.54) is 0 Å². The van der Waals surface area contributed by atoms with Gasteiger partial charge in [-0.25, -0.2) is 4.79 Å². The van der Waals surface area contributed by atoms with E-state index in [-0.39, 0.29) is 31.2 Å². The molecule has 184 valence electrons. The highest BCUT2D eigenvalue weighted by Gasteiger charge is 2.24. The van der Waals surface area contributed by atoms with E-state index in [1.54, 1.807) is 21.1 Å². The highest BCUT2D eigenvalue weighted by molar-refractivity contribution is 7.09. The van der Waals surface area contributed by atoms with Crippen molar-refractivity contribution in [3.63, 3.8) is 0 Å². The zero-order valence-electron chi connectivity index (χ0n) is 20.3. The minimum absolute atomic E-state index is 0.00813. The Morgan fingerprint density at radius 3 is 2.49 bits per heavy atom. The summed E-state index contributed by atoms with van der Waals surface area (Å²) in [5, 5.41) is 4.93. The highest BCUT2D eigenvalue weighted by atomic mass is 32.1. The maximum Gasteiger partial charge on any atom is 0.322 e. The minimum Gasteiger partial charge on any atom is -0.454 e. The molecule has 35 heavy (non-hydrogen) atoms. The molecular weight excluding hydrogens is 462 g/mol. The molecule has 0 saturated carbocycles. The van der Waals surface area contributed by atoms with Crippen LogP contribution in [0.2, 0.25) is 0 Å². The summed E-state index contributed by atoms with van der Waals surface area (Å²) in [6, 6.07) is 17.1. The van der Waals surface area contributed by atoms with Crippen molar-refractivity contribution in [2.75, 3.05) is 25.2 Å². The van der Waals surface area contributed by atoms with Crippen molar-refractivity contribution in [2.45, 2.75) is 33.9 Å². The second-order valence-electron chi connectivity index (χ2n) is 9.09. The van der Waals surface area contributed by atoms with Crippen LogP contribution in [0.5, 0.6) is 11.5 Å². The molecule has 0 atom stereocenters. The van der Waals surface area contributed by atoms with Gasteiger partial charge in [-0.15, -0.1) is 11.3 Å². The van der Waals surface area contributed by atoms with Crippen LogP contribution in [0.1, 0.15) is 29.9 Å². The van der Waals surface area contributed by atoms with Crippen molar-refractivity contribution in [3.8, 4) is 11.5 Å². The monoisotopic (exact) mass is 493 g/mol. The van der Waals surface area contributed by atoms with Gasteiger partial charge >= 0.3 is 6.03 Å². The van der Waals surface area contributed by atoms with Crippen LogP contribution in [0, 0.1) is 12.8 Å². The predicted molar refractivity (Wildman–Crippen MR) is 138 cm³/mol. The molecule has 3 amide bonds. The number of anilines is 1. The topological polar surface area (TPSA) is 71.1 Å². The van der Waals surface area contributed by atoms with E-state index in [1.807, 2.05) is 80.7 Å². The number of urea groups is 1. The van der Waals surface area contributed by atoms with Gasteiger partial charge in [0, 0.05) is 23.7 Å². The normalized spacial score (nSPS) is 12.0. The fraction of sp³-hybridized carbons (Fsp3) is 0.333. The Morgan fingerprint density at radius 2 is 1.77 bits per heavy atom. The van der Waals surface area contributed by atoms with Crippen molar-refractivity contribution in [2.24, 2.45) is 5.92 Å². The van der Waals surface area contributed by atoms with Crippen molar-refractivity contribution < 1.29 is 19.1 Å². The van der Waals surface area contributed by atoms with Gasteiger partial charge in [-0.05, 0) is 54.1 Å². The van der Waals surface area contributed by atoms with Crippen LogP contribution in [0.4, 0.5) is 10.5 Å². The van der Waals surface area contributed by atoms with E-state index in [0.717, 1.165) is 16.0 Å². The number of carbonyl (C=O) groups is 2. The van der Waals surface area contributed by atoms with Crippen molar-refractivity contribution in [3.05, 3.63) is 76.0 Å². The number of benzene rings is 2. The van der Waals surface area contributed by atoms with Gasteiger partial charge in [-0.3, -0.25) is 4.79 Å². The van der Waals surface area contributed by atoms with Crippen LogP contribution in [-0.4, -0.2) is 41.6 Å². The zero-order valence-corrected chi connectivity index (χ0v) is 21.1. The fourth-order valence-electron chi connectivity index (χ4n) is 3.85. The lowest BCUT2D eigenvalue weighted by Crippen LogP contribution is -2.45. The molecule has 3 aromatic rings. The number of hydrogen-bond donors (Lipinski definition) is 1. The van der Waals surface area contributed by atoms with Gasteiger partial charge in [-0.2, -0.15) is 0 Å². The molecule has 4 rings (SSSR count). The van der Waals surface area contributed by atoms with Gasteiger partial charge in [0.1, 0.15) is 6.54 Å². The average Bonchev–Trinajstić information content (AvgIpc) is 3.51. The van der Waals surface area contributed by atoms with E-state index in [9.17, 15) is 9.59 Å². The Balaban J connectivity index is 1.50. The summed E-state index contributed by atoms with van der Waals surface area (Å²) < 4.78 is 10.9. The zero-order chi connectivity index (χ0) is 24.8. The summed E-state index contributed by atoms with van der Waals surface area (Å²) in [4.78, 5) is 31.1. The molecular formula is C27H31N3O4S. The second-order valence-corrected chi connectivity index (χ2v) is 10.1. The minimum atomic E-state index is -0.282. The van der Waals surface area contributed by atoms with Crippen LogP contribution in [-0.2, 0) is 17.9 Å². The number of rotatable bonds is 9. The Labute approximate surface area is 210 Å². The standard InChI is InChI=1S/C27H31N3O4S/c1-19(2)14-30(27(32)28-22-9-6-20(3)7-10-22)17-26(31)29(16-23-5-4-12-35-23)15-21-8-11-24-25(13-21)34-18-33-24/h4-13,19H,14-18H2,1-3H3,(H,28,32). The number of thiophene rings is 1. The van der Waals surface area contributed by atoms with Crippen LogP contribution in [0.15, 0.2) is 60.0 Å². The summed E-state index contributed by atoms with van der Waals surface area (Å²) in [6.45, 7) is 7.61. The number of ether oxygens (including phenoxy) is 2. The molecule has 2 aromatic carbocycles. The number of carbonyl (C=O) groups excluding carboxylic acids is 2. The van der Waals surface area contributed by atoms with Crippen molar-refractivity contribution >= 4 is 29.0 Å². The molecule has 1 aliphatic heterocycles. The molecule has 7 nitrogen and oxygen atoms in total. The number of nitrogens with zero attached hydrogens (tertiary/aromatic N) is 2. The van der Waals surface area contributed by atoms with Gasteiger partial charge in [0.2, 0.25) is 12.7 Å². The first kappa shape index (κ1) is 24.6. The third-order valence-electron chi connectivity index (χ3n) is 5.59. The highest BCUT2D eigenvalue weighted by Crippen LogP contribution is 2.33. The van der Waals surface area contributed by atoms with E-state index < -0.39 is 0 Å². The molecule has 0 unspecified atom stereocenters. The molecule has 0 radical (unpaired) electrons. The summed E-state index contributed by atoms with van der Waals surface area (Å²) in [5.74, 6) is 1.49. The quantitative estimate of drug-likeness (QED) is 0.427. The lowest BCUT2D eigenvalue weighted by Gasteiger charge is -2.29. The molecule has 0 spiro atoms. The lowest BCUT2D eigenvalue weighted by atomic mass is 10.1. The first-order valence-electron chi connectivity index (χ1n) is 11.7. The maximum absolute atomic E-state index is 13.6. The molecule has 0 aliphatic carbocycles. The Morgan fingerprint density at radius 1 is 1.00 bits per heavy atom. The fourth-order valence-corrected chi connectivity index (χ4v) is 4.56. The average molecular weight is 494 g/mol. The largest absolute Gasteiger partial charge is 0.454 e. The molecule has 1 N–H and O–H groups in total. The van der Waals surface area contributed by atoms with E-state index >= 15 is 0 Å². The van der Waals surface area contributed by atoms with Gasteiger partial charge < -0.3 is 24.6 Å². The van der Waals surface area contributed by atoms with Gasteiger partial charge in [-0.1, -0.05) is 43.7 Å². The number of aryl methyl sites for hydroxylation is 1. The first-order valence-corrected chi connectivity index (χ1v) is 12.6. The van der Waals surface area contributed by atoms with Crippen LogP contribution < -0.4 is 14.8 Å². The molecule has 1 aliphatic rings. The first-order chi connectivity index (χ1) is 16.9.